The molecule has 0 unspecified atom stereocenters. The van der Waals surface area contributed by atoms with Gasteiger partial charge in [0.1, 0.15) is 5.69 Å². The number of nitrogens with zero attached hydrogens (tertiary/aromatic N) is 3. The fraction of sp³-hybridized carbons (Fsp3) is 0.375. The molecule has 0 spiro atoms. The normalized spacial score (nSPS) is 11.5. The highest BCUT2D eigenvalue weighted by atomic mass is 19.4. The van der Waals surface area contributed by atoms with E-state index in [9.17, 15) is 18.0 Å². The number of esters is 1. The van der Waals surface area contributed by atoms with Crippen LogP contribution in [0.25, 0.3) is 5.82 Å². The second kappa shape index (κ2) is 10.6. The summed E-state index contributed by atoms with van der Waals surface area (Å²) in [5.74, 6) is 0.707. The van der Waals surface area contributed by atoms with Crippen molar-refractivity contribution < 1.29 is 32.2 Å². The minimum atomic E-state index is -4.53. The molecule has 0 aliphatic rings. The fourth-order valence-corrected chi connectivity index (χ4v) is 3.40. The van der Waals surface area contributed by atoms with Crippen molar-refractivity contribution in [3.63, 3.8) is 0 Å². The van der Waals surface area contributed by atoms with E-state index in [0.717, 1.165) is 17.3 Å². The minimum Gasteiger partial charge on any atom is -0.493 e. The van der Waals surface area contributed by atoms with Crippen molar-refractivity contribution in [3.8, 4) is 23.1 Å². The first-order chi connectivity index (χ1) is 16.1. The number of ether oxygens (including phenoxy) is 3. The predicted octanol–water partition coefficient (Wildman–Crippen LogP) is 5.36. The fourth-order valence-electron chi connectivity index (χ4n) is 3.40. The number of alkyl halides is 3. The largest absolute Gasteiger partial charge is 0.493 e. The van der Waals surface area contributed by atoms with E-state index < -0.39 is 17.8 Å². The summed E-state index contributed by atoms with van der Waals surface area (Å²) < 4.78 is 56.9. The molecular formula is C24H26F3N3O4. The molecule has 2 heterocycles. The van der Waals surface area contributed by atoms with Crippen LogP contribution in [0.5, 0.6) is 17.2 Å². The first kappa shape index (κ1) is 25.1. The SMILES string of the molecule is COc1cccc(OC(C)=O)c1OCCCc1cn(-c2cccc(C(F)(F)F)n2)nc1C(C)C. The summed E-state index contributed by atoms with van der Waals surface area (Å²) in [6, 6.07) is 8.72. The standard InChI is InChI=1S/C24H26F3N3O4/c1-15(2)22-17(14-30(29-22)21-12-6-11-20(28-21)24(25,26)27)8-7-13-33-23-18(32-4)9-5-10-19(23)34-16(3)31/h5-6,9-12,14-15H,7-8,13H2,1-4H3. The molecule has 0 saturated carbocycles. The molecule has 0 fully saturated rings. The van der Waals surface area contributed by atoms with Crippen molar-refractivity contribution in [1.29, 1.82) is 0 Å². The number of pyridine rings is 1. The van der Waals surface area contributed by atoms with Gasteiger partial charge in [0.25, 0.3) is 0 Å². The summed E-state index contributed by atoms with van der Waals surface area (Å²) >= 11 is 0. The number of rotatable bonds is 9. The van der Waals surface area contributed by atoms with Crippen molar-refractivity contribution in [2.45, 2.75) is 45.7 Å². The Kier molecular flexibility index (Phi) is 7.80. The molecule has 0 radical (unpaired) electrons. The highest BCUT2D eigenvalue weighted by Crippen LogP contribution is 2.37. The van der Waals surface area contributed by atoms with E-state index in [-0.39, 0.29) is 17.5 Å². The van der Waals surface area contributed by atoms with E-state index in [4.69, 9.17) is 14.2 Å². The molecule has 34 heavy (non-hydrogen) atoms. The van der Waals surface area contributed by atoms with Crippen molar-refractivity contribution in [1.82, 2.24) is 14.8 Å². The Bertz CT molecular complexity index is 1140. The van der Waals surface area contributed by atoms with Crippen LogP contribution in [0.15, 0.2) is 42.6 Å². The number of aromatic nitrogens is 3. The van der Waals surface area contributed by atoms with Crippen LogP contribution >= 0.6 is 0 Å². The van der Waals surface area contributed by atoms with Gasteiger partial charge in [0.05, 0.1) is 19.4 Å². The molecular weight excluding hydrogens is 451 g/mol. The summed E-state index contributed by atoms with van der Waals surface area (Å²) in [6.45, 7) is 5.52. The van der Waals surface area contributed by atoms with Gasteiger partial charge in [-0.3, -0.25) is 4.79 Å². The highest BCUT2D eigenvalue weighted by Gasteiger charge is 2.32. The van der Waals surface area contributed by atoms with E-state index in [0.29, 0.717) is 30.9 Å². The molecule has 3 rings (SSSR count). The van der Waals surface area contributed by atoms with E-state index in [1.54, 1.807) is 24.4 Å². The molecule has 0 bridgehead atoms. The second-order valence-corrected chi connectivity index (χ2v) is 7.85. The lowest BCUT2D eigenvalue weighted by molar-refractivity contribution is -0.141. The summed E-state index contributed by atoms with van der Waals surface area (Å²) in [5.41, 5.74) is 0.692. The molecule has 0 saturated heterocycles. The maximum absolute atomic E-state index is 13.1. The Morgan fingerprint density at radius 2 is 1.82 bits per heavy atom. The number of methoxy groups -OCH3 is 1. The third-order valence-corrected chi connectivity index (χ3v) is 4.88. The zero-order chi connectivity index (χ0) is 24.9. The van der Waals surface area contributed by atoms with Crippen LogP contribution in [-0.2, 0) is 17.4 Å². The number of hydrogen-bond acceptors (Lipinski definition) is 6. The molecule has 3 aromatic rings. The van der Waals surface area contributed by atoms with Gasteiger partial charge in [-0.2, -0.15) is 18.3 Å². The van der Waals surface area contributed by atoms with Gasteiger partial charge in [0, 0.05) is 13.1 Å². The smallest absolute Gasteiger partial charge is 0.433 e. The number of carbonyl (C=O) groups is 1. The Hall–Kier alpha value is -3.56. The van der Waals surface area contributed by atoms with E-state index >= 15 is 0 Å². The molecule has 0 N–H and O–H groups in total. The van der Waals surface area contributed by atoms with Gasteiger partial charge < -0.3 is 14.2 Å². The van der Waals surface area contributed by atoms with Crippen LogP contribution in [0.2, 0.25) is 0 Å². The van der Waals surface area contributed by atoms with E-state index in [2.05, 4.69) is 10.1 Å². The topological polar surface area (TPSA) is 75.5 Å². The van der Waals surface area contributed by atoms with E-state index in [1.165, 1.54) is 30.8 Å². The summed E-state index contributed by atoms with van der Waals surface area (Å²) in [4.78, 5) is 15.1. The van der Waals surface area contributed by atoms with Gasteiger partial charge in [0.15, 0.2) is 17.3 Å². The third kappa shape index (κ3) is 6.06. The lowest BCUT2D eigenvalue weighted by Crippen LogP contribution is -2.10. The van der Waals surface area contributed by atoms with Gasteiger partial charge in [-0.25, -0.2) is 9.67 Å². The summed E-state index contributed by atoms with van der Waals surface area (Å²) in [5, 5.41) is 4.48. The molecule has 10 heteroatoms. The summed E-state index contributed by atoms with van der Waals surface area (Å²) in [6.07, 6.45) is -1.68. The highest BCUT2D eigenvalue weighted by molar-refractivity contribution is 5.71. The van der Waals surface area contributed by atoms with Gasteiger partial charge in [-0.05, 0) is 48.6 Å². The maximum Gasteiger partial charge on any atom is 0.433 e. The monoisotopic (exact) mass is 477 g/mol. The van der Waals surface area contributed by atoms with Crippen LogP contribution in [0.4, 0.5) is 13.2 Å². The molecule has 1 aromatic carbocycles. The number of para-hydroxylation sites is 1. The van der Waals surface area contributed by atoms with Crippen molar-refractivity contribution >= 4 is 5.97 Å². The number of carbonyl (C=O) groups excluding carboxylic acids is 1. The van der Waals surface area contributed by atoms with Gasteiger partial charge >= 0.3 is 12.1 Å². The van der Waals surface area contributed by atoms with Gasteiger partial charge in [0.2, 0.25) is 5.75 Å². The first-order valence-electron chi connectivity index (χ1n) is 10.7. The molecule has 2 aromatic heterocycles. The number of halogens is 3. The molecule has 0 aliphatic heterocycles. The lowest BCUT2D eigenvalue weighted by Gasteiger charge is -2.14. The zero-order valence-corrected chi connectivity index (χ0v) is 19.3. The number of aryl methyl sites for hydroxylation is 1. The van der Waals surface area contributed by atoms with Crippen LogP contribution < -0.4 is 14.2 Å². The average molecular weight is 477 g/mol. The Morgan fingerprint density at radius 1 is 1.12 bits per heavy atom. The Labute approximate surface area is 195 Å². The first-order valence-corrected chi connectivity index (χ1v) is 10.7. The van der Waals surface area contributed by atoms with Crippen LogP contribution in [0.1, 0.15) is 50.1 Å². The van der Waals surface area contributed by atoms with Crippen molar-refractivity contribution in [2.75, 3.05) is 13.7 Å². The zero-order valence-electron chi connectivity index (χ0n) is 19.3. The molecule has 0 amide bonds. The number of hydrogen-bond donors (Lipinski definition) is 0. The molecule has 182 valence electrons. The van der Waals surface area contributed by atoms with Crippen molar-refractivity contribution in [2.24, 2.45) is 0 Å². The lowest BCUT2D eigenvalue weighted by atomic mass is 10.0. The van der Waals surface area contributed by atoms with Crippen LogP contribution in [0, 0.1) is 0 Å². The summed E-state index contributed by atoms with van der Waals surface area (Å²) in [7, 11) is 1.49. The van der Waals surface area contributed by atoms with Crippen molar-refractivity contribution in [3.05, 3.63) is 59.5 Å². The Morgan fingerprint density at radius 3 is 2.47 bits per heavy atom. The molecule has 0 aliphatic carbocycles. The third-order valence-electron chi connectivity index (χ3n) is 4.88. The average Bonchev–Trinajstić information content (AvgIpc) is 3.21. The van der Waals surface area contributed by atoms with Gasteiger partial charge in [-0.15, -0.1) is 0 Å². The minimum absolute atomic E-state index is 0.0627. The quantitative estimate of drug-likeness (QED) is 0.235. The molecule has 7 nitrogen and oxygen atoms in total. The van der Waals surface area contributed by atoms with Gasteiger partial charge in [-0.1, -0.05) is 26.0 Å². The second-order valence-electron chi connectivity index (χ2n) is 7.85. The van der Waals surface area contributed by atoms with Crippen LogP contribution in [-0.4, -0.2) is 34.5 Å². The maximum atomic E-state index is 13.1. The Balaban J connectivity index is 1.74. The van der Waals surface area contributed by atoms with E-state index in [1.807, 2.05) is 13.8 Å². The van der Waals surface area contributed by atoms with Crippen LogP contribution in [0.3, 0.4) is 0 Å². The predicted molar refractivity (Wildman–Crippen MR) is 119 cm³/mol. The number of benzene rings is 1. The molecule has 0 atom stereocenters.